The molecule has 1 aliphatic carbocycles. The lowest BCUT2D eigenvalue weighted by Crippen LogP contribution is -2.60. The van der Waals surface area contributed by atoms with Crippen LogP contribution in [0.3, 0.4) is 0 Å². The number of carboxylic acid groups (broad SMARTS) is 1. The van der Waals surface area contributed by atoms with Gasteiger partial charge in [0.05, 0.1) is 11.7 Å². The summed E-state index contributed by atoms with van der Waals surface area (Å²) in [7, 11) is -2.00. The van der Waals surface area contributed by atoms with Gasteiger partial charge >= 0.3 is 11.9 Å². The van der Waals surface area contributed by atoms with Crippen LogP contribution in [-0.2, 0) is 36.0 Å². The average molecular weight is 608 g/mol. The Hall–Kier alpha value is -2.13. The lowest BCUT2D eigenvalue weighted by Gasteiger charge is -2.53. The number of esters is 1. The Bertz CT molecular complexity index is 1290. The van der Waals surface area contributed by atoms with Crippen molar-refractivity contribution < 1.29 is 33.0 Å². The van der Waals surface area contributed by atoms with Crippen molar-refractivity contribution >= 4 is 21.8 Å². The van der Waals surface area contributed by atoms with E-state index in [0.717, 1.165) is 23.1 Å². The number of hydrogen-bond donors (Lipinski definition) is 2. The lowest BCUT2D eigenvalue weighted by molar-refractivity contribution is -0.162. The van der Waals surface area contributed by atoms with Crippen LogP contribution < -0.4 is 0 Å². The van der Waals surface area contributed by atoms with Crippen molar-refractivity contribution in [2.24, 2.45) is 5.41 Å². The van der Waals surface area contributed by atoms with Gasteiger partial charge in [-0.05, 0) is 95.5 Å². The Balaban J connectivity index is 2.07. The van der Waals surface area contributed by atoms with Crippen LogP contribution in [0.15, 0.2) is 6.07 Å². The average Bonchev–Trinajstić information content (AvgIpc) is 2.80. The second-order valence-corrected chi connectivity index (χ2v) is 17.5. The molecule has 1 saturated heterocycles. The molecule has 0 bridgehead atoms. The van der Waals surface area contributed by atoms with Crippen molar-refractivity contribution in [3.05, 3.63) is 28.3 Å². The summed E-state index contributed by atoms with van der Waals surface area (Å²) in [4.78, 5) is 27.7. The van der Waals surface area contributed by atoms with E-state index in [1.807, 2.05) is 40.7 Å². The van der Waals surface area contributed by atoms with Gasteiger partial charge in [0.15, 0.2) is 9.84 Å². The van der Waals surface area contributed by atoms with Gasteiger partial charge < -0.3 is 14.9 Å². The maximum absolute atomic E-state index is 13.8. The maximum atomic E-state index is 13.8. The number of phenols is 1. The fourth-order valence-corrected chi connectivity index (χ4v) is 9.78. The quantitative estimate of drug-likeness (QED) is 0.353. The van der Waals surface area contributed by atoms with Crippen LogP contribution in [0.25, 0.3) is 0 Å². The van der Waals surface area contributed by atoms with Gasteiger partial charge in [0.25, 0.3) is 0 Å². The topological polar surface area (TPSA) is 121 Å². The minimum Gasteiger partial charge on any atom is -0.507 e. The molecule has 2 atom stereocenters. The second-order valence-electron chi connectivity index (χ2n) is 15.3. The summed E-state index contributed by atoms with van der Waals surface area (Å²) in [5.74, 6) is -2.64. The second kappa shape index (κ2) is 11.8. The lowest BCUT2D eigenvalue weighted by atomic mass is 9.66. The van der Waals surface area contributed by atoms with E-state index in [9.17, 15) is 28.2 Å². The van der Waals surface area contributed by atoms with Gasteiger partial charge in [-0.1, -0.05) is 39.7 Å². The number of hydrogen-bond acceptors (Lipinski definition) is 7. The van der Waals surface area contributed by atoms with E-state index in [2.05, 4.69) is 39.6 Å². The van der Waals surface area contributed by atoms with Gasteiger partial charge in [-0.2, -0.15) is 0 Å². The minimum atomic E-state index is -4.08. The zero-order valence-electron chi connectivity index (χ0n) is 27.4. The van der Waals surface area contributed by atoms with Crippen LogP contribution in [-0.4, -0.2) is 70.7 Å². The van der Waals surface area contributed by atoms with E-state index in [4.69, 9.17) is 4.74 Å². The Labute approximate surface area is 253 Å². The van der Waals surface area contributed by atoms with Crippen LogP contribution in [0.4, 0.5) is 0 Å². The Morgan fingerprint density at radius 2 is 1.64 bits per heavy atom. The SMILES string of the molecule is Cc1cc(C(C)(C)C)c(O)c(C)c1CC1(CC(=O)OC2CC(C)(C)N(C)C(C)(C)C2)CCCCC1S(=O)(=O)CC(=O)O. The number of carbonyl (C=O) groups excluding carboxylic acids is 1. The smallest absolute Gasteiger partial charge is 0.318 e. The number of phenolic OH excluding ortho intramolecular Hbond substituents is 1. The molecule has 0 radical (unpaired) electrons. The van der Waals surface area contributed by atoms with E-state index < -0.39 is 38.2 Å². The molecule has 2 unspecified atom stereocenters. The first kappa shape index (κ1) is 34.4. The largest absolute Gasteiger partial charge is 0.507 e. The molecule has 9 heteroatoms. The summed E-state index contributed by atoms with van der Waals surface area (Å²) >= 11 is 0. The number of ether oxygens (including phenoxy) is 1. The predicted molar refractivity (Wildman–Crippen MR) is 166 cm³/mol. The van der Waals surface area contributed by atoms with E-state index in [1.54, 1.807) is 0 Å². The molecule has 2 N–H and O–H groups in total. The molecule has 2 aliphatic rings. The molecule has 3 rings (SSSR count). The molecule has 1 saturated carbocycles. The van der Waals surface area contributed by atoms with Gasteiger partial charge in [0.1, 0.15) is 17.6 Å². The molecule has 0 amide bonds. The Morgan fingerprint density at radius 1 is 1.07 bits per heavy atom. The molecular formula is C33H53NO7S. The molecule has 2 fully saturated rings. The number of aliphatic carboxylic acids is 1. The number of rotatable bonds is 8. The van der Waals surface area contributed by atoms with Crippen molar-refractivity contribution in [1.29, 1.82) is 0 Å². The zero-order chi connectivity index (χ0) is 32.1. The predicted octanol–water partition coefficient (Wildman–Crippen LogP) is 5.86. The molecule has 1 aromatic rings. The Kier molecular flexibility index (Phi) is 9.62. The first-order valence-electron chi connectivity index (χ1n) is 15.2. The van der Waals surface area contributed by atoms with Crippen LogP contribution >= 0.6 is 0 Å². The van der Waals surface area contributed by atoms with E-state index in [-0.39, 0.29) is 41.2 Å². The number of likely N-dealkylation sites (tertiary alicyclic amines) is 1. The molecular weight excluding hydrogens is 554 g/mol. The molecule has 0 aromatic heterocycles. The third-order valence-electron chi connectivity index (χ3n) is 10.1. The number of carbonyl (C=O) groups is 2. The Morgan fingerprint density at radius 3 is 2.17 bits per heavy atom. The van der Waals surface area contributed by atoms with E-state index in [0.29, 0.717) is 37.7 Å². The summed E-state index contributed by atoms with van der Waals surface area (Å²) in [6.07, 6.45) is 3.24. The van der Waals surface area contributed by atoms with Crippen molar-refractivity contribution in [3.63, 3.8) is 0 Å². The van der Waals surface area contributed by atoms with Crippen LogP contribution in [0.1, 0.15) is 116 Å². The number of nitrogens with zero attached hydrogens (tertiary/aromatic N) is 1. The molecule has 1 aromatic carbocycles. The van der Waals surface area contributed by atoms with E-state index >= 15 is 0 Å². The normalized spacial score (nSPS) is 25.2. The summed E-state index contributed by atoms with van der Waals surface area (Å²) in [6.45, 7) is 18.4. The van der Waals surface area contributed by atoms with Crippen molar-refractivity contribution in [2.45, 2.75) is 142 Å². The molecule has 238 valence electrons. The number of aromatic hydroxyl groups is 1. The fourth-order valence-electron chi connectivity index (χ4n) is 7.66. The molecule has 42 heavy (non-hydrogen) atoms. The van der Waals surface area contributed by atoms with Gasteiger partial charge in [-0.3, -0.25) is 14.5 Å². The zero-order valence-corrected chi connectivity index (χ0v) is 28.2. The van der Waals surface area contributed by atoms with Gasteiger partial charge in [0, 0.05) is 29.3 Å². The number of piperidine rings is 1. The summed E-state index contributed by atoms with van der Waals surface area (Å²) in [5.41, 5.74) is 1.48. The number of sulfone groups is 1. The molecule has 1 aliphatic heterocycles. The van der Waals surface area contributed by atoms with Crippen LogP contribution in [0.2, 0.25) is 0 Å². The van der Waals surface area contributed by atoms with E-state index in [1.165, 1.54) is 0 Å². The standard InChI is InChI=1S/C33H53NO7S/c1-21-15-25(30(3,4)5)29(38)22(2)24(21)18-33(14-12-11-13-26(33)42(39,40)20-27(35)36)19-28(37)41-23-16-31(6,7)34(10)32(8,9)17-23/h15,23,26,38H,11-14,16-20H2,1-10H3,(H,35,36). The summed E-state index contributed by atoms with van der Waals surface area (Å²) in [5, 5.41) is 19.7. The van der Waals surface area contributed by atoms with Gasteiger partial charge in [-0.25, -0.2) is 8.42 Å². The fraction of sp³-hybridized carbons (Fsp3) is 0.758. The first-order chi connectivity index (χ1) is 19.0. The molecule has 1 heterocycles. The highest BCUT2D eigenvalue weighted by atomic mass is 32.2. The van der Waals surface area contributed by atoms with Gasteiger partial charge in [-0.15, -0.1) is 0 Å². The van der Waals surface area contributed by atoms with Crippen LogP contribution in [0, 0.1) is 19.3 Å². The van der Waals surface area contributed by atoms with Gasteiger partial charge in [0.2, 0.25) is 0 Å². The van der Waals surface area contributed by atoms with Crippen molar-refractivity contribution in [3.8, 4) is 5.75 Å². The first-order valence-corrected chi connectivity index (χ1v) is 16.9. The van der Waals surface area contributed by atoms with Crippen molar-refractivity contribution in [1.82, 2.24) is 4.90 Å². The highest BCUT2D eigenvalue weighted by Gasteiger charge is 2.51. The maximum Gasteiger partial charge on any atom is 0.318 e. The van der Waals surface area contributed by atoms with Crippen LogP contribution in [0.5, 0.6) is 5.75 Å². The number of benzene rings is 1. The monoisotopic (exact) mass is 607 g/mol. The molecule has 0 spiro atoms. The summed E-state index contributed by atoms with van der Waals surface area (Å²) in [6, 6.07) is 1.95. The number of carboxylic acids is 1. The minimum absolute atomic E-state index is 0.121. The third-order valence-corrected chi connectivity index (χ3v) is 12.4. The highest BCUT2D eigenvalue weighted by molar-refractivity contribution is 7.92. The van der Waals surface area contributed by atoms with Crippen molar-refractivity contribution in [2.75, 3.05) is 12.8 Å². The molecule has 8 nitrogen and oxygen atoms in total. The number of aryl methyl sites for hydroxylation is 1. The third kappa shape index (κ3) is 7.15. The summed E-state index contributed by atoms with van der Waals surface area (Å²) < 4.78 is 33.4. The highest BCUT2D eigenvalue weighted by Crippen LogP contribution is 2.49.